The van der Waals surface area contributed by atoms with Crippen molar-refractivity contribution in [1.82, 2.24) is 4.90 Å². The monoisotopic (exact) mass is 263 g/mol. The molecule has 104 valence electrons. The van der Waals surface area contributed by atoms with E-state index in [0.29, 0.717) is 43.7 Å². The van der Waals surface area contributed by atoms with E-state index >= 15 is 0 Å². The number of aliphatic carboxylic acids is 1. The lowest BCUT2D eigenvalue weighted by molar-refractivity contribution is -0.141. The number of hydrogen-bond acceptors (Lipinski definition) is 2. The number of carbonyl (C=O) groups excluding carboxylic acids is 1. The second-order valence-corrected chi connectivity index (χ2v) is 6.25. The summed E-state index contributed by atoms with van der Waals surface area (Å²) >= 11 is 0. The number of carboxylic acids is 1. The number of nitrogens with zero attached hydrogens (tertiary/aromatic N) is 1. The molecule has 4 aliphatic rings. The number of allylic oxidation sites excluding steroid dienone is 2. The van der Waals surface area contributed by atoms with Crippen molar-refractivity contribution in [3.8, 4) is 0 Å². The van der Waals surface area contributed by atoms with E-state index in [4.69, 9.17) is 5.11 Å². The number of carboxylic acid groups (broad SMARTS) is 1. The van der Waals surface area contributed by atoms with Crippen LogP contribution in [0.2, 0.25) is 0 Å². The third kappa shape index (κ3) is 2.53. The van der Waals surface area contributed by atoms with E-state index in [9.17, 15) is 9.59 Å². The average molecular weight is 263 g/mol. The van der Waals surface area contributed by atoms with Gasteiger partial charge in [0.05, 0.1) is 5.92 Å². The molecule has 0 radical (unpaired) electrons. The molecule has 1 saturated heterocycles. The molecular weight excluding hydrogens is 242 g/mol. The van der Waals surface area contributed by atoms with Crippen LogP contribution in [0.4, 0.5) is 0 Å². The van der Waals surface area contributed by atoms with Gasteiger partial charge in [0.2, 0.25) is 5.91 Å². The lowest BCUT2D eigenvalue weighted by atomic mass is 9.68. The molecule has 4 rings (SSSR count). The maximum atomic E-state index is 12.3. The van der Waals surface area contributed by atoms with Crippen molar-refractivity contribution in [2.24, 2.45) is 23.7 Å². The molecular formula is C15H21NO3. The Kier molecular flexibility index (Phi) is 3.33. The highest BCUT2D eigenvalue weighted by Crippen LogP contribution is 2.42. The van der Waals surface area contributed by atoms with Crippen molar-refractivity contribution in [3.05, 3.63) is 12.2 Å². The summed E-state index contributed by atoms with van der Waals surface area (Å²) in [5, 5.41) is 8.97. The van der Waals surface area contributed by atoms with E-state index in [1.807, 2.05) is 0 Å². The third-order valence-corrected chi connectivity index (χ3v) is 5.04. The van der Waals surface area contributed by atoms with Gasteiger partial charge in [-0.05, 0) is 43.4 Å². The molecule has 3 aliphatic carbocycles. The molecule has 4 heteroatoms. The minimum atomic E-state index is -0.769. The van der Waals surface area contributed by atoms with Gasteiger partial charge in [-0.25, -0.2) is 0 Å². The number of amides is 1. The summed E-state index contributed by atoms with van der Waals surface area (Å²) in [4.78, 5) is 24.9. The molecule has 1 heterocycles. The van der Waals surface area contributed by atoms with E-state index in [0.717, 1.165) is 6.42 Å². The minimum absolute atomic E-state index is 0.162. The summed E-state index contributed by atoms with van der Waals surface area (Å²) in [6.45, 7) is 1.03. The number of rotatable bonds is 3. The zero-order chi connectivity index (χ0) is 13.4. The Hall–Kier alpha value is -1.32. The van der Waals surface area contributed by atoms with Crippen LogP contribution in [0, 0.1) is 23.7 Å². The van der Waals surface area contributed by atoms with Gasteiger partial charge < -0.3 is 10.0 Å². The van der Waals surface area contributed by atoms with E-state index in [-0.39, 0.29) is 11.8 Å². The van der Waals surface area contributed by atoms with Crippen LogP contribution >= 0.6 is 0 Å². The second-order valence-electron chi connectivity index (χ2n) is 6.25. The van der Waals surface area contributed by atoms with Gasteiger partial charge in [0, 0.05) is 19.5 Å². The van der Waals surface area contributed by atoms with Crippen LogP contribution in [0.3, 0.4) is 0 Å². The highest BCUT2D eigenvalue weighted by molar-refractivity contribution is 5.79. The Labute approximate surface area is 113 Å². The summed E-state index contributed by atoms with van der Waals surface area (Å²) in [5.74, 6) is 0.774. The highest BCUT2D eigenvalue weighted by Gasteiger charge is 2.36. The van der Waals surface area contributed by atoms with Gasteiger partial charge in [-0.15, -0.1) is 0 Å². The summed E-state index contributed by atoms with van der Waals surface area (Å²) in [7, 11) is 0. The van der Waals surface area contributed by atoms with Crippen LogP contribution in [-0.4, -0.2) is 35.0 Å². The van der Waals surface area contributed by atoms with E-state index in [2.05, 4.69) is 12.2 Å². The summed E-state index contributed by atoms with van der Waals surface area (Å²) in [5.41, 5.74) is 0. The van der Waals surface area contributed by atoms with Crippen LogP contribution in [0.25, 0.3) is 0 Å². The predicted molar refractivity (Wildman–Crippen MR) is 70.4 cm³/mol. The van der Waals surface area contributed by atoms with Crippen molar-refractivity contribution < 1.29 is 14.7 Å². The molecule has 0 aromatic heterocycles. The van der Waals surface area contributed by atoms with Crippen molar-refractivity contribution in [3.63, 3.8) is 0 Å². The maximum absolute atomic E-state index is 12.3. The first-order valence-corrected chi connectivity index (χ1v) is 7.32. The first-order valence-electron chi connectivity index (χ1n) is 7.32. The van der Waals surface area contributed by atoms with Gasteiger partial charge in [0.15, 0.2) is 0 Å². The molecule has 4 atom stereocenters. The zero-order valence-electron chi connectivity index (χ0n) is 11.1. The molecule has 0 aromatic rings. The summed E-state index contributed by atoms with van der Waals surface area (Å²) in [6, 6.07) is 0. The fraction of sp³-hybridized carbons (Fsp3) is 0.733. The quantitative estimate of drug-likeness (QED) is 0.791. The molecule has 2 fully saturated rings. The minimum Gasteiger partial charge on any atom is -0.481 e. The molecule has 1 unspecified atom stereocenters. The topological polar surface area (TPSA) is 57.6 Å². The van der Waals surface area contributed by atoms with E-state index < -0.39 is 5.97 Å². The van der Waals surface area contributed by atoms with Gasteiger partial charge in [-0.2, -0.15) is 0 Å². The Bertz CT molecular complexity index is 418. The van der Waals surface area contributed by atoms with Gasteiger partial charge in [-0.3, -0.25) is 9.59 Å². The standard InChI is InChI=1S/C15H21NO3/c17-14(16-6-5-12(9-16)15(18)19)8-13-7-10-1-3-11(13)4-2-10/h1,3,10-13H,2,4-9H2,(H,18,19)/t10-,11+,12?,13+/m1/s1. The summed E-state index contributed by atoms with van der Waals surface area (Å²) < 4.78 is 0. The highest BCUT2D eigenvalue weighted by atomic mass is 16.4. The van der Waals surface area contributed by atoms with E-state index in [1.165, 1.54) is 12.8 Å². The second kappa shape index (κ2) is 4.99. The lowest BCUT2D eigenvalue weighted by Gasteiger charge is -2.38. The van der Waals surface area contributed by atoms with Gasteiger partial charge in [-0.1, -0.05) is 12.2 Å². The normalized spacial score (nSPS) is 36.7. The average Bonchev–Trinajstić information content (AvgIpc) is 2.90. The van der Waals surface area contributed by atoms with Crippen LogP contribution < -0.4 is 0 Å². The fourth-order valence-electron chi connectivity index (χ4n) is 3.83. The Balaban J connectivity index is 1.55. The van der Waals surface area contributed by atoms with E-state index in [1.54, 1.807) is 4.90 Å². The molecule has 1 N–H and O–H groups in total. The summed E-state index contributed by atoms with van der Waals surface area (Å²) in [6.07, 6.45) is 9.46. The molecule has 19 heavy (non-hydrogen) atoms. The first-order chi connectivity index (χ1) is 9.13. The van der Waals surface area contributed by atoms with Crippen LogP contribution in [0.1, 0.15) is 32.1 Å². The van der Waals surface area contributed by atoms with Crippen LogP contribution in [0.15, 0.2) is 12.2 Å². The number of likely N-dealkylation sites (tertiary alicyclic amines) is 1. The molecule has 1 amide bonds. The third-order valence-electron chi connectivity index (χ3n) is 5.04. The predicted octanol–water partition coefficient (Wildman–Crippen LogP) is 1.91. The molecule has 4 nitrogen and oxygen atoms in total. The van der Waals surface area contributed by atoms with Gasteiger partial charge >= 0.3 is 5.97 Å². The van der Waals surface area contributed by atoms with Crippen LogP contribution in [-0.2, 0) is 9.59 Å². The first kappa shape index (κ1) is 12.7. The Morgan fingerprint density at radius 3 is 2.58 bits per heavy atom. The van der Waals surface area contributed by atoms with Gasteiger partial charge in [0.1, 0.15) is 0 Å². The Morgan fingerprint density at radius 2 is 2.05 bits per heavy atom. The van der Waals surface area contributed by atoms with Gasteiger partial charge in [0.25, 0.3) is 0 Å². The number of hydrogen-bond donors (Lipinski definition) is 1. The van der Waals surface area contributed by atoms with Crippen LogP contribution in [0.5, 0.6) is 0 Å². The van der Waals surface area contributed by atoms with Crippen molar-refractivity contribution in [1.29, 1.82) is 0 Å². The zero-order valence-corrected chi connectivity index (χ0v) is 11.1. The van der Waals surface area contributed by atoms with Crippen molar-refractivity contribution in [2.75, 3.05) is 13.1 Å². The largest absolute Gasteiger partial charge is 0.481 e. The SMILES string of the molecule is O=C(O)C1CCN(C(=O)C[C@@H]2C[C@@H]3C=C[C@H]2CC3)C1. The number of carbonyl (C=O) groups is 2. The lowest BCUT2D eigenvalue weighted by Crippen LogP contribution is -2.35. The fourth-order valence-corrected chi connectivity index (χ4v) is 3.83. The maximum Gasteiger partial charge on any atom is 0.308 e. The van der Waals surface area contributed by atoms with Crippen molar-refractivity contribution in [2.45, 2.75) is 32.1 Å². The molecule has 0 spiro atoms. The Morgan fingerprint density at radius 1 is 1.21 bits per heavy atom. The molecule has 2 bridgehead atoms. The number of fused-ring (bicyclic) bond motifs is 2. The molecule has 1 saturated carbocycles. The van der Waals surface area contributed by atoms with Crippen molar-refractivity contribution >= 4 is 11.9 Å². The smallest absolute Gasteiger partial charge is 0.308 e. The molecule has 0 aromatic carbocycles. The molecule has 1 aliphatic heterocycles.